The maximum atomic E-state index is 12.7. The average Bonchev–Trinajstić information content (AvgIpc) is 3.00. The molecule has 1 N–H and O–H groups in total. The molecule has 0 saturated heterocycles. The maximum absolute atomic E-state index is 12.7. The van der Waals surface area contributed by atoms with Crippen molar-refractivity contribution in [3.63, 3.8) is 0 Å². The van der Waals surface area contributed by atoms with E-state index in [4.69, 9.17) is 4.84 Å². The van der Waals surface area contributed by atoms with Crippen LogP contribution in [-0.4, -0.2) is 33.6 Å². The molecule has 112 valence electrons. The zero-order valence-corrected chi connectivity index (χ0v) is 12.5. The first-order chi connectivity index (χ1) is 10.1. The van der Waals surface area contributed by atoms with Crippen molar-refractivity contribution in [1.82, 2.24) is 15.0 Å². The van der Waals surface area contributed by atoms with E-state index in [1.54, 1.807) is 12.4 Å². The summed E-state index contributed by atoms with van der Waals surface area (Å²) in [4.78, 5) is 27.0. The van der Waals surface area contributed by atoms with Crippen LogP contribution >= 0.6 is 0 Å². The number of nitrogens with one attached hydrogen (secondary N) is 1. The van der Waals surface area contributed by atoms with Gasteiger partial charge in [-0.2, -0.15) is 5.06 Å². The second-order valence-corrected chi connectivity index (χ2v) is 4.76. The lowest BCUT2D eigenvalue weighted by Crippen LogP contribution is -2.48. The second-order valence-electron chi connectivity index (χ2n) is 4.76. The van der Waals surface area contributed by atoms with Crippen LogP contribution in [0.15, 0.2) is 42.7 Å². The van der Waals surface area contributed by atoms with Crippen LogP contribution < -0.4 is 9.74 Å². The Morgan fingerprint density at radius 3 is 2.57 bits per heavy atom. The van der Waals surface area contributed by atoms with Gasteiger partial charge < -0.3 is 9.82 Å². The number of imidazole rings is 1. The molecule has 2 amide bonds. The van der Waals surface area contributed by atoms with Crippen LogP contribution in [0, 0.1) is 0 Å². The molecule has 0 spiro atoms. The molecule has 1 heterocycles. The molecule has 0 aliphatic carbocycles. The van der Waals surface area contributed by atoms with E-state index in [2.05, 4.69) is 9.97 Å². The molecule has 6 nitrogen and oxygen atoms in total. The maximum Gasteiger partial charge on any atom is 0.360 e. The van der Waals surface area contributed by atoms with Crippen molar-refractivity contribution in [2.45, 2.75) is 26.8 Å². The zero-order valence-electron chi connectivity index (χ0n) is 12.5. The number of carbonyl (C=O) groups excluding carboxylic acids is 1. The molecule has 0 saturated carbocycles. The molecule has 21 heavy (non-hydrogen) atoms. The minimum atomic E-state index is -0.258. The number of hydrogen-bond acceptors (Lipinski definition) is 3. The van der Waals surface area contributed by atoms with Crippen LogP contribution in [0.2, 0.25) is 0 Å². The molecule has 6 heteroatoms. The smallest absolute Gasteiger partial charge is 0.360 e. The first kappa shape index (κ1) is 14.9. The summed E-state index contributed by atoms with van der Waals surface area (Å²) in [6.07, 6.45) is 3.30. The van der Waals surface area contributed by atoms with Gasteiger partial charge in [0.25, 0.3) is 0 Å². The Kier molecular flexibility index (Phi) is 4.81. The number of para-hydroxylation sites is 1. The standard InChI is InChI=1S/C15H20N4O2/c1-4-18(14-16-10-11-17-14)15(20)19(12(2)3)21-13-8-6-5-7-9-13/h5-12H,4H2,1-3H3,(H,16,17). The second kappa shape index (κ2) is 6.78. The molecule has 2 rings (SSSR count). The van der Waals surface area contributed by atoms with Crippen LogP contribution in [0.25, 0.3) is 0 Å². The highest BCUT2D eigenvalue weighted by molar-refractivity contribution is 5.89. The Hall–Kier alpha value is -2.50. The summed E-state index contributed by atoms with van der Waals surface area (Å²) in [6, 6.07) is 8.88. The number of amides is 2. The molecule has 0 aliphatic rings. The molecule has 2 aromatic rings. The van der Waals surface area contributed by atoms with Gasteiger partial charge in [0.05, 0.1) is 6.04 Å². The van der Waals surface area contributed by atoms with Gasteiger partial charge in [-0.1, -0.05) is 18.2 Å². The van der Waals surface area contributed by atoms with Crippen LogP contribution in [0.5, 0.6) is 5.75 Å². The number of aromatic amines is 1. The number of aromatic nitrogens is 2. The van der Waals surface area contributed by atoms with Crippen molar-refractivity contribution in [3.8, 4) is 5.75 Å². The van der Waals surface area contributed by atoms with E-state index in [0.29, 0.717) is 18.2 Å². The summed E-state index contributed by atoms with van der Waals surface area (Å²) in [7, 11) is 0. The Balaban J connectivity index is 2.19. The number of nitrogens with zero attached hydrogens (tertiary/aromatic N) is 3. The number of urea groups is 1. The summed E-state index contributed by atoms with van der Waals surface area (Å²) in [5.74, 6) is 1.12. The number of carbonyl (C=O) groups is 1. The summed E-state index contributed by atoms with van der Waals surface area (Å²) < 4.78 is 0. The molecule has 0 radical (unpaired) electrons. The van der Waals surface area contributed by atoms with Crippen LogP contribution in [0.4, 0.5) is 10.7 Å². The molecule has 0 atom stereocenters. The largest absolute Gasteiger partial charge is 0.375 e. The zero-order chi connectivity index (χ0) is 15.2. The Labute approximate surface area is 124 Å². The Morgan fingerprint density at radius 2 is 2.05 bits per heavy atom. The quantitative estimate of drug-likeness (QED) is 0.860. The van der Waals surface area contributed by atoms with Crippen molar-refractivity contribution in [1.29, 1.82) is 0 Å². The molecule has 1 aromatic carbocycles. The van der Waals surface area contributed by atoms with Gasteiger partial charge in [0, 0.05) is 18.9 Å². The summed E-state index contributed by atoms with van der Waals surface area (Å²) >= 11 is 0. The minimum absolute atomic E-state index is 0.110. The molecule has 0 aliphatic heterocycles. The summed E-state index contributed by atoms with van der Waals surface area (Å²) in [5, 5.41) is 1.35. The molecule has 0 bridgehead atoms. The van der Waals surface area contributed by atoms with Gasteiger partial charge in [-0.25, -0.2) is 9.78 Å². The van der Waals surface area contributed by atoms with Gasteiger partial charge in [-0.05, 0) is 32.9 Å². The number of hydroxylamine groups is 2. The number of rotatable bonds is 5. The Bertz CT molecular complexity index is 554. The normalized spacial score (nSPS) is 10.5. The van der Waals surface area contributed by atoms with Gasteiger partial charge in [-0.15, -0.1) is 0 Å². The van der Waals surface area contributed by atoms with E-state index in [1.165, 1.54) is 9.96 Å². The fourth-order valence-electron chi connectivity index (χ4n) is 1.86. The van der Waals surface area contributed by atoms with Gasteiger partial charge >= 0.3 is 6.03 Å². The van der Waals surface area contributed by atoms with Crippen LogP contribution in [0.3, 0.4) is 0 Å². The van der Waals surface area contributed by atoms with Crippen LogP contribution in [0.1, 0.15) is 20.8 Å². The van der Waals surface area contributed by atoms with Gasteiger partial charge in [-0.3, -0.25) is 4.90 Å². The lowest BCUT2D eigenvalue weighted by Gasteiger charge is -2.30. The highest BCUT2D eigenvalue weighted by Crippen LogP contribution is 2.16. The first-order valence-corrected chi connectivity index (χ1v) is 6.96. The summed E-state index contributed by atoms with van der Waals surface area (Å²) in [5.41, 5.74) is 0. The molecule has 0 fully saturated rings. The topological polar surface area (TPSA) is 61.5 Å². The number of anilines is 1. The van der Waals surface area contributed by atoms with Gasteiger partial charge in [0.2, 0.25) is 5.95 Å². The monoisotopic (exact) mass is 288 g/mol. The third kappa shape index (κ3) is 3.53. The first-order valence-electron chi connectivity index (χ1n) is 6.96. The molecule has 0 unspecified atom stereocenters. The van der Waals surface area contributed by atoms with Crippen molar-refractivity contribution in [2.75, 3.05) is 11.4 Å². The summed E-state index contributed by atoms with van der Waals surface area (Å²) in [6.45, 7) is 6.18. The van der Waals surface area contributed by atoms with E-state index in [9.17, 15) is 4.79 Å². The fourth-order valence-corrected chi connectivity index (χ4v) is 1.86. The van der Waals surface area contributed by atoms with Gasteiger partial charge in [0.15, 0.2) is 5.75 Å². The lowest BCUT2D eigenvalue weighted by atomic mass is 10.3. The van der Waals surface area contributed by atoms with E-state index in [0.717, 1.165) is 0 Å². The van der Waals surface area contributed by atoms with E-state index < -0.39 is 0 Å². The average molecular weight is 288 g/mol. The van der Waals surface area contributed by atoms with Crippen molar-refractivity contribution < 1.29 is 9.63 Å². The number of hydrogen-bond donors (Lipinski definition) is 1. The minimum Gasteiger partial charge on any atom is -0.375 e. The van der Waals surface area contributed by atoms with Crippen molar-refractivity contribution in [2.24, 2.45) is 0 Å². The fraction of sp³-hybridized carbons (Fsp3) is 0.333. The predicted molar refractivity (Wildman–Crippen MR) is 81.0 cm³/mol. The molecular formula is C15H20N4O2. The van der Waals surface area contributed by atoms with Crippen molar-refractivity contribution >= 4 is 12.0 Å². The van der Waals surface area contributed by atoms with Crippen molar-refractivity contribution in [3.05, 3.63) is 42.7 Å². The highest BCUT2D eigenvalue weighted by Gasteiger charge is 2.26. The third-order valence-corrected chi connectivity index (χ3v) is 2.89. The molecule has 1 aromatic heterocycles. The number of H-pyrrole nitrogens is 1. The van der Waals surface area contributed by atoms with E-state index in [-0.39, 0.29) is 12.1 Å². The van der Waals surface area contributed by atoms with E-state index >= 15 is 0 Å². The van der Waals surface area contributed by atoms with Gasteiger partial charge in [0.1, 0.15) is 0 Å². The van der Waals surface area contributed by atoms with Crippen LogP contribution in [-0.2, 0) is 0 Å². The SMILES string of the molecule is CCN(C(=O)N(Oc1ccccc1)C(C)C)c1ncc[nH]1. The highest BCUT2D eigenvalue weighted by atomic mass is 16.7. The number of benzene rings is 1. The van der Waals surface area contributed by atoms with E-state index in [1.807, 2.05) is 51.1 Å². The lowest BCUT2D eigenvalue weighted by molar-refractivity contribution is -0.0352. The predicted octanol–water partition coefficient (Wildman–Crippen LogP) is 3.06. The third-order valence-electron chi connectivity index (χ3n) is 2.89. The molecular weight excluding hydrogens is 268 g/mol. The Morgan fingerprint density at radius 1 is 1.33 bits per heavy atom.